The molecule has 1 aliphatic rings. The van der Waals surface area contributed by atoms with Gasteiger partial charge in [0.25, 0.3) is 5.56 Å². The van der Waals surface area contributed by atoms with Crippen molar-refractivity contribution in [3.05, 3.63) is 92.8 Å². The van der Waals surface area contributed by atoms with Gasteiger partial charge in [0, 0.05) is 11.9 Å². The van der Waals surface area contributed by atoms with Crippen molar-refractivity contribution in [2.45, 2.75) is 13.1 Å². The molecule has 0 spiro atoms. The molecule has 1 N–H and O–H groups in total. The first kappa shape index (κ1) is 22.8. The summed E-state index contributed by atoms with van der Waals surface area (Å²) in [7, 11) is 1.28. The molecular weight excluding hydrogens is 468 g/mol. The van der Waals surface area contributed by atoms with Crippen molar-refractivity contribution in [1.29, 1.82) is 0 Å². The first-order valence-electron chi connectivity index (χ1n) is 10.9. The van der Waals surface area contributed by atoms with E-state index in [1.807, 2.05) is 0 Å². The van der Waals surface area contributed by atoms with Gasteiger partial charge in [-0.2, -0.15) is 0 Å². The summed E-state index contributed by atoms with van der Waals surface area (Å²) in [4.78, 5) is 55.1. The maximum Gasteiger partial charge on any atom is 0.337 e. The third-order valence-corrected chi connectivity index (χ3v) is 5.66. The van der Waals surface area contributed by atoms with Crippen molar-refractivity contribution in [2.75, 3.05) is 19.2 Å². The summed E-state index contributed by atoms with van der Waals surface area (Å²) in [6.45, 7) is -0.301. The number of hydrogen-bond donors (Lipinski definition) is 1. The van der Waals surface area contributed by atoms with Crippen molar-refractivity contribution in [2.24, 2.45) is 0 Å². The van der Waals surface area contributed by atoms with Crippen LogP contribution in [0.5, 0.6) is 11.5 Å². The summed E-state index contributed by atoms with van der Waals surface area (Å²) in [6, 6.07) is 14.4. The van der Waals surface area contributed by atoms with Crippen LogP contribution in [-0.2, 0) is 22.6 Å². The van der Waals surface area contributed by atoms with Crippen LogP contribution in [0.4, 0.5) is 5.69 Å². The fourth-order valence-electron chi connectivity index (χ4n) is 3.91. The zero-order valence-electron chi connectivity index (χ0n) is 19.1. The fraction of sp³-hybridized carbons (Fsp3) is 0.160. The summed E-state index contributed by atoms with van der Waals surface area (Å²) in [5.41, 5.74) is 0.489. The highest BCUT2D eigenvalue weighted by Crippen LogP contribution is 2.32. The van der Waals surface area contributed by atoms with E-state index in [0.717, 1.165) is 4.57 Å². The minimum atomic E-state index is -0.658. The average Bonchev–Trinajstić information content (AvgIpc) is 3.37. The highest BCUT2D eigenvalue weighted by atomic mass is 16.7. The molecule has 2 aromatic carbocycles. The summed E-state index contributed by atoms with van der Waals surface area (Å²) < 4.78 is 17.6. The van der Waals surface area contributed by atoms with Crippen molar-refractivity contribution >= 4 is 28.6 Å². The van der Waals surface area contributed by atoms with Crippen molar-refractivity contribution < 1.29 is 23.8 Å². The lowest BCUT2D eigenvalue weighted by molar-refractivity contribution is -0.116. The van der Waals surface area contributed by atoms with Gasteiger partial charge in [-0.05, 0) is 54.1 Å². The van der Waals surface area contributed by atoms with Gasteiger partial charge in [0.05, 0.1) is 24.7 Å². The third kappa shape index (κ3) is 4.29. The maximum absolute atomic E-state index is 13.4. The first-order valence-corrected chi connectivity index (χ1v) is 10.9. The van der Waals surface area contributed by atoms with Gasteiger partial charge in [-0.1, -0.05) is 6.07 Å². The van der Waals surface area contributed by atoms with Crippen molar-refractivity contribution in [3.63, 3.8) is 0 Å². The number of benzene rings is 2. The molecule has 0 atom stereocenters. The molecule has 1 amide bonds. The van der Waals surface area contributed by atoms with Gasteiger partial charge in [0.1, 0.15) is 6.54 Å². The number of methoxy groups -OCH3 is 1. The van der Waals surface area contributed by atoms with Crippen LogP contribution in [0.15, 0.2) is 70.4 Å². The van der Waals surface area contributed by atoms with Crippen molar-refractivity contribution in [3.8, 4) is 11.5 Å². The molecule has 0 fully saturated rings. The minimum absolute atomic E-state index is 0.0442. The summed E-state index contributed by atoms with van der Waals surface area (Å²) in [5, 5.41) is 2.69. The molecule has 0 saturated heterocycles. The van der Waals surface area contributed by atoms with Crippen LogP contribution in [0.2, 0.25) is 0 Å². The smallest absolute Gasteiger partial charge is 0.337 e. The molecule has 0 aliphatic carbocycles. The standard InChI is InChI=1S/C25H20N4O7/c1-34-24(32)16-5-7-17(8-6-16)27-21(30)13-28-18-3-2-10-26-22(18)23(31)29(25(28)33)12-15-4-9-19-20(11-15)36-14-35-19/h2-11H,12-14H2,1H3,(H,27,30). The molecule has 1 aliphatic heterocycles. The number of ether oxygens (including phenoxy) is 3. The predicted molar refractivity (Wildman–Crippen MR) is 128 cm³/mol. The van der Waals surface area contributed by atoms with E-state index in [9.17, 15) is 19.2 Å². The van der Waals surface area contributed by atoms with E-state index < -0.39 is 23.1 Å². The molecule has 182 valence electrons. The van der Waals surface area contributed by atoms with Gasteiger partial charge in [0.2, 0.25) is 12.7 Å². The summed E-state index contributed by atoms with van der Waals surface area (Å²) >= 11 is 0. The molecule has 11 nitrogen and oxygen atoms in total. The van der Waals surface area contributed by atoms with E-state index in [1.165, 1.54) is 30.0 Å². The molecular formula is C25H20N4O7. The van der Waals surface area contributed by atoms with E-state index in [2.05, 4.69) is 15.0 Å². The van der Waals surface area contributed by atoms with Gasteiger partial charge < -0.3 is 19.5 Å². The van der Waals surface area contributed by atoms with Gasteiger partial charge in [-0.15, -0.1) is 0 Å². The Hall–Kier alpha value is -4.93. The summed E-state index contributed by atoms with van der Waals surface area (Å²) in [5.74, 6) is 0.113. The van der Waals surface area contributed by atoms with Crippen LogP contribution in [0.1, 0.15) is 15.9 Å². The Bertz CT molecular complexity index is 1610. The molecule has 11 heteroatoms. The number of fused-ring (bicyclic) bond motifs is 2. The number of esters is 1. The highest BCUT2D eigenvalue weighted by molar-refractivity contribution is 5.93. The Labute approximate surface area is 203 Å². The monoisotopic (exact) mass is 488 g/mol. The third-order valence-electron chi connectivity index (χ3n) is 5.66. The Morgan fingerprint density at radius 3 is 2.58 bits per heavy atom. The minimum Gasteiger partial charge on any atom is -0.465 e. The Morgan fingerprint density at radius 2 is 1.81 bits per heavy atom. The molecule has 4 aromatic rings. The van der Waals surface area contributed by atoms with Crippen molar-refractivity contribution in [1.82, 2.24) is 14.1 Å². The number of hydrogen-bond acceptors (Lipinski definition) is 8. The van der Waals surface area contributed by atoms with Crippen LogP contribution in [0.3, 0.4) is 0 Å². The number of nitrogens with one attached hydrogen (secondary N) is 1. The lowest BCUT2D eigenvalue weighted by Crippen LogP contribution is -2.42. The second kappa shape index (κ2) is 9.37. The number of aromatic nitrogens is 3. The van der Waals surface area contributed by atoms with Gasteiger partial charge in [-0.3, -0.25) is 18.7 Å². The normalized spacial score (nSPS) is 11.9. The lowest BCUT2D eigenvalue weighted by atomic mass is 10.2. The van der Waals surface area contributed by atoms with Crippen LogP contribution in [0.25, 0.3) is 11.0 Å². The Kier molecular flexibility index (Phi) is 5.95. The predicted octanol–water partition coefficient (Wildman–Crippen LogP) is 1.76. The van der Waals surface area contributed by atoms with E-state index in [-0.39, 0.29) is 30.9 Å². The first-order chi connectivity index (χ1) is 17.4. The van der Waals surface area contributed by atoms with Crippen LogP contribution >= 0.6 is 0 Å². The molecule has 0 unspecified atom stereocenters. The molecule has 2 aromatic heterocycles. The van der Waals surface area contributed by atoms with Gasteiger partial charge >= 0.3 is 11.7 Å². The van der Waals surface area contributed by atoms with E-state index in [4.69, 9.17) is 9.47 Å². The number of nitrogens with zero attached hydrogens (tertiary/aromatic N) is 3. The lowest BCUT2D eigenvalue weighted by Gasteiger charge is -2.14. The molecule has 0 saturated carbocycles. The van der Waals surface area contributed by atoms with E-state index >= 15 is 0 Å². The number of pyridine rings is 1. The van der Waals surface area contributed by atoms with E-state index in [0.29, 0.717) is 28.3 Å². The number of amides is 1. The number of rotatable bonds is 6. The second-order valence-electron chi connectivity index (χ2n) is 7.94. The summed E-state index contributed by atoms with van der Waals surface area (Å²) in [6.07, 6.45) is 1.45. The largest absolute Gasteiger partial charge is 0.465 e. The molecule has 0 radical (unpaired) electrons. The SMILES string of the molecule is COC(=O)c1ccc(NC(=O)Cn2c(=O)n(Cc3ccc4c(c3)OCO4)c(=O)c3ncccc32)cc1. The molecule has 0 bridgehead atoms. The maximum atomic E-state index is 13.4. The topological polar surface area (TPSA) is 131 Å². The number of anilines is 1. The average molecular weight is 488 g/mol. The van der Waals surface area contributed by atoms with Crippen LogP contribution < -0.4 is 26.0 Å². The fourth-order valence-corrected chi connectivity index (χ4v) is 3.91. The highest BCUT2D eigenvalue weighted by Gasteiger charge is 2.18. The molecule has 5 rings (SSSR count). The zero-order valence-corrected chi connectivity index (χ0v) is 19.1. The Balaban J connectivity index is 1.46. The Morgan fingerprint density at radius 1 is 1.03 bits per heavy atom. The zero-order chi connectivity index (χ0) is 25.2. The quantitative estimate of drug-likeness (QED) is 0.406. The number of carbonyl (C=O) groups is 2. The van der Waals surface area contributed by atoms with Crippen LogP contribution in [-0.4, -0.2) is 39.9 Å². The molecule has 3 heterocycles. The van der Waals surface area contributed by atoms with E-state index in [1.54, 1.807) is 42.5 Å². The number of carbonyl (C=O) groups excluding carboxylic acids is 2. The van der Waals surface area contributed by atoms with Gasteiger partial charge in [-0.25, -0.2) is 14.6 Å². The van der Waals surface area contributed by atoms with Crippen LogP contribution in [0, 0.1) is 0 Å². The second-order valence-corrected chi connectivity index (χ2v) is 7.94. The molecule has 36 heavy (non-hydrogen) atoms. The van der Waals surface area contributed by atoms with Gasteiger partial charge in [0.15, 0.2) is 17.0 Å².